The molecule has 0 heterocycles. The van der Waals surface area contributed by atoms with Crippen LogP contribution in [0.2, 0.25) is 0 Å². The van der Waals surface area contributed by atoms with Crippen LogP contribution in [0.5, 0.6) is 0 Å². The maximum absolute atomic E-state index is 13.3. The highest BCUT2D eigenvalue weighted by Crippen LogP contribution is 2.40. The molecule has 0 bridgehead atoms. The van der Waals surface area contributed by atoms with E-state index < -0.39 is 15.1 Å². The lowest BCUT2D eigenvalue weighted by Gasteiger charge is -2.22. The average molecular weight is 333 g/mol. The molecular formula is C21H17O2S. The van der Waals surface area contributed by atoms with Crippen LogP contribution in [0.1, 0.15) is 28.9 Å². The quantitative estimate of drug-likeness (QED) is 0.693. The lowest BCUT2D eigenvalue weighted by atomic mass is 9.93. The zero-order valence-electron chi connectivity index (χ0n) is 13.4. The van der Waals surface area contributed by atoms with Crippen molar-refractivity contribution in [1.82, 2.24) is 0 Å². The van der Waals surface area contributed by atoms with Gasteiger partial charge in [-0.25, -0.2) is 8.42 Å². The van der Waals surface area contributed by atoms with Gasteiger partial charge in [0.05, 0.1) is 4.90 Å². The van der Waals surface area contributed by atoms with Gasteiger partial charge < -0.3 is 0 Å². The summed E-state index contributed by atoms with van der Waals surface area (Å²) in [6.45, 7) is 1.97. The van der Waals surface area contributed by atoms with Crippen molar-refractivity contribution < 1.29 is 8.42 Å². The summed E-state index contributed by atoms with van der Waals surface area (Å²) < 4.78 is 26.7. The van der Waals surface area contributed by atoms with Gasteiger partial charge in [0.15, 0.2) is 9.84 Å². The van der Waals surface area contributed by atoms with Crippen molar-refractivity contribution in [3.63, 3.8) is 0 Å². The van der Waals surface area contributed by atoms with E-state index in [1.165, 1.54) is 0 Å². The first kappa shape index (κ1) is 15.2. The van der Waals surface area contributed by atoms with Gasteiger partial charge in [-0.05, 0) is 33.9 Å². The fourth-order valence-electron chi connectivity index (χ4n) is 3.47. The predicted molar refractivity (Wildman–Crippen MR) is 97.6 cm³/mol. The number of hydrogen-bond donors (Lipinski definition) is 0. The highest BCUT2D eigenvalue weighted by atomic mass is 32.2. The molecule has 3 heteroatoms. The number of aryl methyl sites for hydroxylation is 1. The molecule has 0 spiro atoms. The zero-order chi connectivity index (χ0) is 16.7. The number of hydrogen-bond acceptors (Lipinski definition) is 2. The molecular weight excluding hydrogens is 316 g/mol. The summed E-state index contributed by atoms with van der Waals surface area (Å²) >= 11 is 0. The van der Waals surface area contributed by atoms with Gasteiger partial charge >= 0.3 is 0 Å². The van der Waals surface area contributed by atoms with Crippen molar-refractivity contribution in [2.45, 2.75) is 23.5 Å². The first-order valence-corrected chi connectivity index (χ1v) is 9.61. The minimum atomic E-state index is -3.54. The first-order valence-electron chi connectivity index (χ1n) is 8.06. The van der Waals surface area contributed by atoms with Crippen molar-refractivity contribution in [2.75, 3.05) is 0 Å². The predicted octanol–water partition coefficient (Wildman–Crippen LogP) is 4.74. The second-order valence-corrected chi connectivity index (χ2v) is 8.00. The van der Waals surface area contributed by atoms with Gasteiger partial charge in [0.1, 0.15) is 5.25 Å². The molecule has 1 aliphatic carbocycles. The van der Waals surface area contributed by atoms with E-state index in [0.717, 1.165) is 27.5 Å². The van der Waals surface area contributed by atoms with Crippen LogP contribution >= 0.6 is 0 Å². The Balaban J connectivity index is 1.96. The Labute approximate surface area is 142 Å². The van der Waals surface area contributed by atoms with Crippen LogP contribution in [0, 0.1) is 6.07 Å². The van der Waals surface area contributed by atoms with Crippen molar-refractivity contribution in [3.05, 3.63) is 83.4 Å². The number of sulfone groups is 1. The summed E-state index contributed by atoms with van der Waals surface area (Å²) in [6, 6.07) is 20.3. The summed E-state index contributed by atoms with van der Waals surface area (Å²) in [5.41, 5.74) is 2.74. The Bertz CT molecular complexity index is 1060. The average Bonchev–Trinajstić information content (AvgIpc) is 2.62. The van der Waals surface area contributed by atoms with E-state index >= 15 is 0 Å². The van der Waals surface area contributed by atoms with Crippen molar-refractivity contribution in [3.8, 4) is 0 Å². The molecule has 1 atom stereocenters. The Hall–Kier alpha value is -2.39. The number of benzene rings is 3. The molecule has 0 aliphatic heterocycles. The molecule has 0 fully saturated rings. The van der Waals surface area contributed by atoms with Crippen molar-refractivity contribution >= 4 is 26.7 Å². The van der Waals surface area contributed by atoms with Crippen LogP contribution in [-0.4, -0.2) is 8.42 Å². The van der Waals surface area contributed by atoms with Crippen LogP contribution in [-0.2, 0) is 16.3 Å². The fraction of sp³-hybridized carbons (Fsp3) is 0.143. The summed E-state index contributed by atoms with van der Waals surface area (Å²) in [4.78, 5) is 0.318. The van der Waals surface area contributed by atoms with Gasteiger partial charge in [-0.1, -0.05) is 73.7 Å². The molecule has 1 unspecified atom stereocenters. The second kappa shape index (κ2) is 5.60. The van der Waals surface area contributed by atoms with Gasteiger partial charge in [0, 0.05) is 6.07 Å². The van der Waals surface area contributed by atoms with E-state index in [9.17, 15) is 8.42 Å². The molecule has 119 valence electrons. The monoisotopic (exact) mass is 333 g/mol. The van der Waals surface area contributed by atoms with Crippen molar-refractivity contribution in [1.29, 1.82) is 0 Å². The van der Waals surface area contributed by atoms with E-state index in [0.29, 0.717) is 11.3 Å². The molecule has 0 aromatic heterocycles. The molecule has 1 radical (unpaired) electrons. The summed E-state index contributed by atoms with van der Waals surface area (Å²) in [6.07, 6.45) is 4.39. The summed E-state index contributed by atoms with van der Waals surface area (Å²) in [5, 5.41) is 1.44. The van der Waals surface area contributed by atoms with E-state index in [1.54, 1.807) is 12.1 Å². The van der Waals surface area contributed by atoms with E-state index in [-0.39, 0.29) is 0 Å². The molecule has 0 saturated carbocycles. The molecule has 3 aromatic carbocycles. The maximum Gasteiger partial charge on any atom is 0.189 e. The summed E-state index contributed by atoms with van der Waals surface area (Å²) in [7, 11) is -3.54. The Morgan fingerprint density at radius 1 is 1.04 bits per heavy atom. The molecule has 2 nitrogen and oxygen atoms in total. The highest BCUT2D eigenvalue weighted by molar-refractivity contribution is 7.92. The van der Waals surface area contributed by atoms with E-state index in [4.69, 9.17) is 0 Å². The van der Waals surface area contributed by atoms with Gasteiger partial charge in [-0.3, -0.25) is 0 Å². The SMILES string of the molecule is CCc1ccc[c]c1S(=O)(=O)C1C=Cc2cccc3cccc1c23. The highest BCUT2D eigenvalue weighted by Gasteiger charge is 2.32. The van der Waals surface area contributed by atoms with Crippen LogP contribution in [0.4, 0.5) is 0 Å². The Morgan fingerprint density at radius 3 is 2.62 bits per heavy atom. The lowest BCUT2D eigenvalue weighted by Crippen LogP contribution is -2.16. The first-order chi connectivity index (χ1) is 11.6. The van der Waals surface area contributed by atoms with Crippen LogP contribution in [0.3, 0.4) is 0 Å². The minimum Gasteiger partial charge on any atom is -0.223 e. The molecule has 3 aromatic rings. The molecule has 0 N–H and O–H groups in total. The molecule has 4 rings (SSSR count). The van der Waals surface area contributed by atoms with Gasteiger partial charge in [-0.15, -0.1) is 0 Å². The van der Waals surface area contributed by atoms with E-state index in [2.05, 4.69) is 6.07 Å². The minimum absolute atomic E-state index is 0.318. The second-order valence-electron chi connectivity index (χ2n) is 6.00. The smallest absolute Gasteiger partial charge is 0.189 e. The third-order valence-corrected chi connectivity index (χ3v) is 6.65. The van der Waals surface area contributed by atoms with Gasteiger partial charge in [-0.2, -0.15) is 0 Å². The zero-order valence-corrected chi connectivity index (χ0v) is 14.2. The van der Waals surface area contributed by atoms with Crippen LogP contribution in [0.25, 0.3) is 16.8 Å². The maximum atomic E-state index is 13.3. The Kier molecular flexibility index (Phi) is 3.54. The third-order valence-electron chi connectivity index (χ3n) is 4.63. The lowest BCUT2D eigenvalue weighted by molar-refractivity contribution is 0.589. The molecule has 1 aliphatic rings. The molecule has 0 amide bonds. The summed E-state index contributed by atoms with van der Waals surface area (Å²) in [5.74, 6) is 0. The standard InChI is InChI=1S/C21H17O2S/c1-2-15-7-3-4-12-19(15)24(22,23)20-14-13-17-9-5-8-16-10-6-11-18(20)21(16)17/h3-11,13-14,20H,2H2,1H3. The largest absolute Gasteiger partial charge is 0.223 e. The van der Waals surface area contributed by atoms with Crippen LogP contribution < -0.4 is 0 Å². The van der Waals surface area contributed by atoms with Gasteiger partial charge in [0.2, 0.25) is 0 Å². The Morgan fingerprint density at radius 2 is 1.83 bits per heavy atom. The molecule has 0 saturated heterocycles. The number of rotatable bonds is 3. The van der Waals surface area contributed by atoms with Crippen LogP contribution in [0.15, 0.2) is 65.6 Å². The van der Waals surface area contributed by atoms with E-state index in [1.807, 2.05) is 61.5 Å². The van der Waals surface area contributed by atoms with Gasteiger partial charge in [0.25, 0.3) is 0 Å². The van der Waals surface area contributed by atoms with Crippen molar-refractivity contribution in [2.24, 2.45) is 0 Å². The topological polar surface area (TPSA) is 34.1 Å². The molecule has 24 heavy (non-hydrogen) atoms. The fourth-order valence-corrected chi connectivity index (χ4v) is 5.35. The normalized spacial score (nSPS) is 16.5. The third kappa shape index (κ3) is 2.20.